The lowest BCUT2D eigenvalue weighted by Crippen LogP contribution is -2.39. The van der Waals surface area contributed by atoms with Gasteiger partial charge in [0.15, 0.2) is 11.5 Å². The minimum absolute atomic E-state index is 0.0203. The molecule has 1 amide bonds. The second kappa shape index (κ2) is 7.45. The average molecular weight is 416 g/mol. The minimum Gasteiger partial charge on any atom is -0.454 e. The molecule has 0 atom stereocenters. The monoisotopic (exact) mass is 416 g/mol. The molecule has 0 unspecified atom stereocenters. The molecule has 3 heterocycles. The highest BCUT2D eigenvalue weighted by atomic mass is 16.7. The average Bonchev–Trinajstić information content (AvgIpc) is 3.24. The maximum atomic E-state index is 12.9. The van der Waals surface area contributed by atoms with Gasteiger partial charge in [-0.3, -0.25) is 19.1 Å². The number of pyridine rings is 1. The Labute approximate surface area is 174 Å². The lowest BCUT2D eigenvalue weighted by atomic mass is 10.2. The third-order valence-electron chi connectivity index (χ3n) is 4.94. The van der Waals surface area contributed by atoms with E-state index in [4.69, 9.17) is 9.47 Å². The maximum Gasteiger partial charge on any atom is 0.328 e. The number of aromatic amines is 1. The van der Waals surface area contributed by atoms with Crippen molar-refractivity contribution in [3.8, 4) is 11.5 Å². The molecular formula is C22H16N4O5. The van der Waals surface area contributed by atoms with Crippen LogP contribution in [-0.2, 0) is 6.54 Å². The fourth-order valence-electron chi connectivity index (χ4n) is 3.39. The van der Waals surface area contributed by atoms with Crippen LogP contribution >= 0.6 is 0 Å². The van der Waals surface area contributed by atoms with Crippen molar-refractivity contribution < 1.29 is 14.3 Å². The zero-order valence-electron chi connectivity index (χ0n) is 16.1. The van der Waals surface area contributed by atoms with Gasteiger partial charge in [0.1, 0.15) is 5.56 Å². The molecule has 2 aromatic carbocycles. The SMILES string of the molecule is O=C(Nc1ccc2ncccc2c1)c1c[nH]c(=O)n(Cc2ccc3c(c2)OCO3)c1=O. The van der Waals surface area contributed by atoms with Crippen LogP contribution in [0.4, 0.5) is 5.69 Å². The Morgan fingerprint density at radius 2 is 1.97 bits per heavy atom. The van der Waals surface area contributed by atoms with E-state index >= 15 is 0 Å². The number of carbonyl (C=O) groups is 1. The summed E-state index contributed by atoms with van der Waals surface area (Å²) in [5.41, 5.74) is 0.481. The van der Waals surface area contributed by atoms with Gasteiger partial charge in [-0.25, -0.2) is 4.79 Å². The quantitative estimate of drug-likeness (QED) is 0.527. The molecule has 154 valence electrons. The first-order valence-corrected chi connectivity index (χ1v) is 9.46. The van der Waals surface area contributed by atoms with Gasteiger partial charge >= 0.3 is 5.69 Å². The molecule has 9 nitrogen and oxygen atoms in total. The molecule has 2 N–H and O–H groups in total. The van der Waals surface area contributed by atoms with Crippen LogP contribution in [0.3, 0.4) is 0 Å². The molecule has 0 radical (unpaired) electrons. The van der Waals surface area contributed by atoms with Gasteiger partial charge in [-0.05, 0) is 42.0 Å². The van der Waals surface area contributed by atoms with Crippen LogP contribution in [0, 0.1) is 0 Å². The Balaban J connectivity index is 1.43. The number of anilines is 1. The third kappa shape index (κ3) is 3.52. The molecule has 0 saturated heterocycles. The number of fused-ring (bicyclic) bond motifs is 2. The second-order valence-electron chi connectivity index (χ2n) is 6.95. The van der Waals surface area contributed by atoms with Gasteiger partial charge in [0.05, 0.1) is 12.1 Å². The summed E-state index contributed by atoms with van der Waals surface area (Å²) in [7, 11) is 0. The highest BCUT2D eigenvalue weighted by Gasteiger charge is 2.17. The topological polar surface area (TPSA) is 115 Å². The van der Waals surface area contributed by atoms with Gasteiger partial charge in [-0.1, -0.05) is 12.1 Å². The summed E-state index contributed by atoms with van der Waals surface area (Å²) in [5.74, 6) is 0.523. The number of benzene rings is 2. The molecule has 1 aliphatic heterocycles. The summed E-state index contributed by atoms with van der Waals surface area (Å²) in [4.78, 5) is 44.6. The van der Waals surface area contributed by atoms with Crippen molar-refractivity contribution in [2.45, 2.75) is 6.54 Å². The molecule has 1 aliphatic rings. The van der Waals surface area contributed by atoms with E-state index < -0.39 is 17.2 Å². The molecule has 0 fully saturated rings. The normalized spacial score (nSPS) is 12.1. The maximum absolute atomic E-state index is 12.9. The Morgan fingerprint density at radius 3 is 2.87 bits per heavy atom. The van der Waals surface area contributed by atoms with Gasteiger partial charge in [0.25, 0.3) is 11.5 Å². The van der Waals surface area contributed by atoms with Gasteiger partial charge in [-0.15, -0.1) is 0 Å². The van der Waals surface area contributed by atoms with E-state index in [1.165, 1.54) is 0 Å². The lowest BCUT2D eigenvalue weighted by Gasteiger charge is -2.09. The molecule has 0 spiro atoms. The van der Waals surface area contributed by atoms with Crippen molar-refractivity contribution in [1.29, 1.82) is 0 Å². The van der Waals surface area contributed by atoms with E-state index in [-0.39, 0.29) is 18.9 Å². The van der Waals surface area contributed by atoms with Crippen LogP contribution in [0.5, 0.6) is 11.5 Å². The van der Waals surface area contributed by atoms with Crippen LogP contribution < -0.4 is 26.0 Å². The number of hydrogen-bond acceptors (Lipinski definition) is 6. The Kier molecular flexibility index (Phi) is 4.47. The smallest absolute Gasteiger partial charge is 0.328 e. The van der Waals surface area contributed by atoms with E-state index in [0.717, 1.165) is 21.7 Å². The summed E-state index contributed by atoms with van der Waals surface area (Å²) in [6, 6.07) is 14.0. The molecule has 5 rings (SSSR count). The number of nitrogens with one attached hydrogen (secondary N) is 2. The fraction of sp³-hybridized carbons (Fsp3) is 0.0909. The summed E-state index contributed by atoms with van der Waals surface area (Å²) in [6.07, 6.45) is 2.81. The number of H-pyrrole nitrogens is 1. The van der Waals surface area contributed by atoms with Crippen LogP contribution in [0.1, 0.15) is 15.9 Å². The van der Waals surface area contributed by atoms with Crippen molar-refractivity contribution in [3.63, 3.8) is 0 Å². The number of ether oxygens (including phenoxy) is 2. The molecular weight excluding hydrogens is 400 g/mol. The summed E-state index contributed by atoms with van der Waals surface area (Å²) in [6.45, 7) is 0.105. The molecule has 9 heteroatoms. The first-order chi connectivity index (χ1) is 15.1. The predicted octanol–water partition coefficient (Wildman–Crippen LogP) is 2.11. The van der Waals surface area contributed by atoms with Gasteiger partial charge in [-0.2, -0.15) is 0 Å². The zero-order valence-corrected chi connectivity index (χ0v) is 16.1. The van der Waals surface area contributed by atoms with E-state index in [1.54, 1.807) is 48.7 Å². The van der Waals surface area contributed by atoms with E-state index in [2.05, 4.69) is 15.3 Å². The number of carbonyl (C=O) groups excluding carboxylic acids is 1. The number of rotatable bonds is 4. The van der Waals surface area contributed by atoms with Gasteiger partial charge in [0.2, 0.25) is 6.79 Å². The van der Waals surface area contributed by atoms with Crippen LogP contribution in [0.2, 0.25) is 0 Å². The highest BCUT2D eigenvalue weighted by Crippen LogP contribution is 2.32. The van der Waals surface area contributed by atoms with E-state index in [9.17, 15) is 14.4 Å². The largest absolute Gasteiger partial charge is 0.454 e. The Hall–Kier alpha value is -4.40. The third-order valence-corrected chi connectivity index (χ3v) is 4.94. The van der Waals surface area contributed by atoms with Gasteiger partial charge < -0.3 is 19.8 Å². The molecule has 0 aliphatic carbocycles. The van der Waals surface area contributed by atoms with Crippen LogP contribution in [-0.4, -0.2) is 27.2 Å². The molecule has 0 bridgehead atoms. The van der Waals surface area contributed by atoms with E-state index in [1.807, 2.05) is 6.07 Å². The zero-order chi connectivity index (χ0) is 21.4. The number of hydrogen-bond donors (Lipinski definition) is 2. The van der Waals surface area contributed by atoms with Crippen LogP contribution in [0.25, 0.3) is 10.9 Å². The molecule has 31 heavy (non-hydrogen) atoms. The summed E-state index contributed by atoms with van der Waals surface area (Å²) in [5, 5.41) is 3.55. The predicted molar refractivity (Wildman–Crippen MR) is 113 cm³/mol. The fourth-order valence-corrected chi connectivity index (χ4v) is 3.39. The van der Waals surface area contributed by atoms with E-state index in [0.29, 0.717) is 22.7 Å². The minimum atomic E-state index is -0.693. The van der Waals surface area contributed by atoms with Crippen molar-refractivity contribution in [2.75, 3.05) is 12.1 Å². The highest BCUT2D eigenvalue weighted by molar-refractivity contribution is 6.04. The second-order valence-corrected chi connectivity index (χ2v) is 6.95. The van der Waals surface area contributed by atoms with Crippen molar-refractivity contribution >= 4 is 22.5 Å². The van der Waals surface area contributed by atoms with Crippen molar-refractivity contribution in [2.24, 2.45) is 0 Å². The number of aromatic nitrogens is 3. The van der Waals surface area contributed by atoms with Crippen molar-refractivity contribution in [1.82, 2.24) is 14.5 Å². The van der Waals surface area contributed by atoms with Gasteiger partial charge in [0, 0.05) is 23.5 Å². The molecule has 0 saturated carbocycles. The van der Waals surface area contributed by atoms with Crippen molar-refractivity contribution in [3.05, 3.63) is 92.9 Å². The van der Waals surface area contributed by atoms with Crippen LogP contribution in [0.15, 0.2) is 70.5 Å². The first-order valence-electron chi connectivity index (χ1n) is 9.46. The summed E-state index contributed by atoms with van der Waals surface area (Å²) < 4.78 is 11.6. The summed E-state index contributed by atoms with van der Waals surface area (Å²) >= 11 is 0. The molecule has 4 aromatic rings. The lowest BCUT2D eigenvalue weighted by molar-refractivity contribution is 0.102. The standard InChI is InChI=1S/C22H16N4O5/c27-20(25-15-4-5-17-14(9-15)2-1-7-23-17)16-10-24-22(29)26(21(16)28)11-13-3-6-18-19(8-13)31-12-30-18/h1-10H,11-12H2,(H,24,29)(H,25,27). The Morgan fingerprint density at radius 1 is 1.10 bits per heavy atom. The number of amides is 1. The first kappa shape index (κ1) is 18.6. The Bertz CT molecular complexity index is 1440. The number of nitrogens with zero attached hydrogens (tertiary/aromatic N) is 2. The molecule has 2 aromatic heterocycles.